The number of hydrogen-bond acceptors (Lipinski definition) is 9. The number of unbranched alkanes of at least 4 members (excludes halogenated alkanes) is 1. The summed E-state index contributed by atoms with van der Waals surface area (Å²) in [5, 5.41) is 9.75. The second-order valence-corrected chi connectivity index (χ2v) is 13.0. The minimum absolute atomic E-state index is 0.0287. The average molecular weight is 509 g/mol. The van der Waals surface area contributed by atoms with Crippen LogP contribution in [-0.2, 0) is 37.5 Å². The van der Waals surface area contributed by atoms with Crippen molar-refractivity contribution >= 4 is 37.3 Å². The fraction of sp³-hybridized carbons (Fsp3) is 0.773. The lowest BCUT2D eigenvalue weighted by atomic mass is 9.98. The van der Waals surface area contributed by atoms with Crippen molar-refractivity contribution in [3.63, 3.8) is 0 Å². The van der Waals surface area contributed by atoms with Crippen molar-refractivity contribution in [2.24, 2.45) is 16.7 Å². The highest BCUT2D eigenvalue weighted by Gasteiger charge is 2.40. The Morgan fingerprint density at radius 1 is 1.00 bits per heavy atom. The molecule has 0 fully saturated rings. The molecule has 0 aromatic rings. The zero-order valence-electron chi connectivity index (χ0n) is 20.6. The summed E-state index contributed by atoms with van der Waals surface area (Å²) in [6.07, 6.45) is 2.25. The SMILES string of the molecule is CCCCC1=C(P(=O)(OCOC(=O)C(C)(C)C)OCOC(=O)C(C)(C)C)C[C@H](C(=O)O)CS1. The molecule has 0 unspecified atom stereocenters. The van der Waals surface area contributed by atoms with E-state index >= 15 is 0 Å². The Balaban J connectivity index is 3.18. The van der Waals surface area contributed by atoms with E-state index < -0.39 is 55.8 Å². The van der Waals surface area contributed by atoms with Gasteiger partial charge < -0.3 is 14.6 Å². The van der Waals surface area contributed by atoms with Crippen LogP contribution in [-0.4, -0.2) is 42.4 Å². The van der Waals surface area contributed by atoms with E-state index in [2.05, 4.69) is 0 Å². The molecule has 0 saturated heterocycles. The fourth-order valence-electron chi connectivity index (χ4n) is 2.59. The second kappa shape index (κ2) is 12.4. The van der Waals surface area contributed by atoms with Gasteiger partial charge in [-0.15, -0.1) is 11.8 Å². The van der Waals surface area contributed by atoms with Crippen molar-refractivity contribution in [3.8, 4) is 0 Å². The van der Waals surface area contributed by atoms with E-state index in [1.165, 1.54) is 11.8 Å². The Kier molecular flexibility index (Phi) is 11.1. The number of carbonyl (C=O) groups excluding carboxylic acids is 2. The first kappa shape index (κ1) is 29.7. The molecule has 0 aliphatic carbocycles. The summed E-state index contributed by atoms with van der Waals surface area (Å²) in [6.45, 7) is 10.7. The molecule has 1 aliphatic heterocycles. The third-order valence-electron chi connectivity index (χ3n) is 4.71. The molecule has 1 N–H and O–H groups in total. The molecule has 0 amide bonds. The highest BCUT2D eigenvalue weighted by atomic mass is 32.2. The van der Waals surface area contributed by atoms with Gasteiger partial charge in [0.15, 0.2) is 0 Å². The molecule has 9 nitrogen and oxygen atoms in total. The number of rotatable bonds is 11. The maximum atomic E-state index is 13.9. The molecule has 0 saturated carbocycles. The molecule has 1 aliphatic rings. The van der Waals surface area contributed by atoms with Crippen LogP contribution in [0.1, 0.15) is 74.1 Å². The van der Waals surface area contributed by atoms with Gasteiger partial charge in [0.05, 0.1) is 22.1 Å². The van der Waals surface area contributed by atoms with E-state index in [1.807, 2.05) is 6.92 Å². The number of thioether (sulfide) groups is 1. The lowest BCUT2D eigenvalue weighted by Crippen LogP contribution is -2.26. The number of allylic oxidation sites excluding steroid dienone is 2. The topological polar surface area (TPSA) is 125 Å². The molecule has 0 bridgehead atoms. The Morgan fingerprint density at radius 2 is 1.48 bits per heavy atom. The number of carboxylic acid groups (broad SMARTS) is 1. The zero-order chi connectivity index (χ0) is 25.4. The van der Waals surface area contributed by atoms with Crippen molar-refractivity contribution in [2.45, 2.75) is 74.1 Å². The van der Waals surface area contributed by atoms with Gasteiger partial charge in [-0.25, -0.2) is 0 Å². The summed E-state index contributed by atoms with van der Waals surface area (Å²) < 4.78 is 35.0. The molecular weight excluding hydrogens is 471 g/mol. The number of carbonyl (C=O) groups is 3. The normalized spacial score (nSPS) is 17.6. The minimum atomic E-state index is -4.14. The van der Waals surface area contributed by atoms with Gasteiger partial charge in [0.1, 0.15) is 0 Å². The summed E-state index contributed by atoms with van der Waals surface area (Å²) >= 11 is 1.31. The lowest BCUT2D eigenvalue weighted by molar-refractivity contribution is -0.161. The van der Waals surface area contributed by atoms with E-state index in [0.29, 0.717) is 12.2 Å². The number of ether oxygens (including phenoxy) is 2. The van der Waals surface area contributed by atoms with Gasteiger partial charge in [-0.1, -0.05) is 13.3 Å². The quantitative estimate of drug-likeness (QED) is 0.216. The summed E-state index contributed by atoms with van der Waals surface area (Å²) in [5.41, 5.74) is -1.59. The van der Waals surface area contributed by atoms with E-state index in [1.54, 1.807) is 41.5 Å². The van der Waals surface area contributed by atoms with Gasteiger partial charge in [-0.05, 0) is 65.7 Å². The monoisotopic (exact) mass is 508 g/mol. The van der Waals surface area contributed by atoms with Gasteiger partial charge >= 0.3 is 25.5 Å². The van der Waals surface area contributed by atoms with Crippen LogP contribution in [0.25, 0.3) is 0 Å². The van der Waals surface area contributed by atoms with Crippen molar-refractivity contribution in [2.75, 3.05) is 19.3 Å². The second-order valence-electron chi connectivity index (χ2n) is 9.88. The largest absolute Gasteiger partial charge is 0.481 e. The fourth-order valence-corrected chi connectivity index (χ4v) is 5.95. The minimum Gasteiger partial charge on any atom is -0.481 e. The molecule has 190 valence electrons. The predicted octanol–water partition coefficient (Wildman–Crippen LogP) is 5.55. The van der Waals surface area contributed by atoms with Gasteiger partial charge in [0, 0.05) is 5.75 Å². The summed E-state index contributed by atoms with van der Waals surface area (Å²) in [5.74, 6) is -2.56. The van der Waals surface area contributed by atoms with Crippen molar-refractivity contribution in [3.05, 3.63) is 10.2 Å². The maximum absolute atomic E-state index is 13.9. The van der Waals surface area contributed by atoms with Gasteiger partial charge in [0.2, 0.25) is 13.6 Å². The third-order valence-corrected chi connectivity index (χ3v) is 8.23. The molecule has 33 heavy (non-hydrogen) atoms. The molecule has 0 radical (unpaired) electrons. The van der Waals surface area contributed by atoms with Crippen LogP contribution in [0.3, 0.4) is 0 Å². The van der Waals surface area contributed by atoms with Crippen LogP contribution in [0.15, 0.2) is 10.2 Å². The summed E-state index contributed by atoms with van der Waals surface area (Å²) in [4.78, 5) is 36.6. The molecule has 0 aromatic carbocycles. The maximum Gasteiger partial charge on any atom is 0.363 e. The van der Waals surface area contributed by atoms with Crippen molar-refractivity contribution < 1.29 is 42.6 Å². The van der Waals surface area contributed by atoms with Gasteiger partial charge in [0.25, 0.3) is 0 Å². The van der Waals surface area contributed by atoms with E-state index in [4.69, 9.17) is 18.5 Å². The van der Waals surface area contributed by atoms with Crippen molar-refractivity contribution in [1.82, 2.24) is 0 Å². The highest BCUT2D eigenvalue weighted by molar-refractivity contribution is 8.03. The number of aliphatic carboxylic acids is 1. The van der Waals surface area contributed by atoms with Crippen LogP contribution >= 0.6 is 19.4 Å². The lowest BCUT2D eigenvalue weighted by Gasteiger charge is -2.29. The van der Waals surface area contributed by atoms with Crippen molar-refractivity contribution in [1.29, 1.82) is 0 Å². The smallest absolute Gasteiger partial charge is 0.363 e. The molecule has 1 atom stereocenters. The Morgan fingerprint density at radius 3 is 1.88 bits per heavy atom. The highest BCUT2D eigenvalue weighted by Crippen LogP contribution is 2.62. The molecule has 0 spiro atoms. The molecule has 11 heteroatoms. The van der Waals surface area contributed by atoms with Crippen LogP contribution in [0.5, 0.6) is 0 Å². The zero-order valence-corrected chi connectivity index (χ0v) is 22.3. The number of carboxylic acids is 1. The standard InChI is InChI=1S/C22H37O9PS/c1-8-9-10-17-16(11-15(12-33-17)18(23)24)32(27,30-13-28-19(25)21(2,3)4)31-14-29-20(26)22(5,6)7/h15H,8-14H2,1-7H3,(H,23,24)/t15-/m0/s1. The number of esters is 2. The van der Waals surface area contributed by atoms with Gasteiger partial charge in [-0.2, -0.15) is 0 Å². The van der Waals surface area contributed by atoms with Crippen LogP contribution in [0.2, 0.25) is 0 Å². The summed E-state index contributed by atoms with van der Waals surface area (Å²) in [7, 11) is -4.14. The molecule has 0 aromatic heterocycles. The third kappa shape index (κ3) is 9.43. The molecule has 1 heterocycles. The van der Waals surface area contributed by atoms with Crippen LogP contribution < -0.4 is 0 Å². The molecule has 1 rings (SSSR count). The Bertz CT molecular complexity index is 757. The first-order valence-corrected chi connectivity index (χ1v) is 13.5. The Labute approximate surface area is 200 Å². The van der Waals surface area contributed by atoms with Crippen LogP contribution in [0.4, 0.5) is 0 Å². The van der Waals surface area contributed by atoms with E-state index in [0.717, 1.165) is 17.7 Å². The van der Waals surface area contributed by atoms with E-state index in [-0.39, 0.29) is 11.7 Å². The first-order chi connectivity index (χ1) is 15.1. The average Bonchev–Trinajstić information content (AvgIpc) is 2.70. The number of hydrogen-bond donors (Lipinski definition) is 1. The first-order valence-electron chi connectivity index (χ1n) is 10.9. The summed E-state index contributed by atoms with van der Waals surface area (Å²) in [6, 6.07) is 0. The van der Waals surface area contributed by atoms with Gasteiger partial charge in [-0.3, -0.25) is 28.0 Å². The predicted molar refractivity (Wildman–Crippen MR) is 125 cm³/mol. The molecular formula is C22H37O9PS. The Hall–Kier alpha value is -1.35. The van der Waals surface area contributed by atoms with Crippen LogP contribution in [0, 0.1) is 16.7 Å². The van der Waals surface area contributed by atoms with E-state index in [9.17, 15) is 24.1 Å².